The summed E-state index contributed by atoms with van der Waals surface area (Å²) in [4.78, 5) is 17.0. The Morgan fingerprint density at radius 2 is 1.88 bits per heavy atom. The Hall–Kier alpha value is -0.850. The zero-order valence-electron chi connectivity index (χ0n) is 15.5. The monoisotopic (exact) mass is 400 g/mol. The smallest absolute Gasteiger partial charge is 0.227 e. The summed E-state index contributed by atoms with van der Waals surface area (Å²) < 4.78 is 12.1. The first kappa shape index (κ1) is 19.9. The van der Waals surface area contributed by atoms with Crippen molar-refractivity contribution >= 4 is 29.1 Å². The molecule has 2 fully saturated rings. The van der Waals surface area contributed by atoms with Crippen molar-refractivity contribution in [3.63, 3.8) is 0 Å². The average Bonchev–Trinajstić information content (AvgIpc) is 3.06. The molecule has 0 radical (unpaired) electrons. The van der Waals surface area contributed by atoms with Gasteiger partial charge in [0.25, 0.3) is 0 Å². The van der Waals surface area contributed by atoms with Crippen LogP contribution in [0.4, 0.5) is 0 Å². The Morgan fingerprint density at radius 1 is 1.19 bits per heavy atom. The third-order valence-corrected chi connectivity index (χ3v) is 6.17. The maximum Gasteiger partial charge on any atom is 0.227 e. The molecule has 1 amide bonds. The summed E-state index contributed by atoms with van der Waals surface area (Å²) in [5, 5.41) is 0.949. The second-order valence-corrected chi connectivity index (χ2v) is 8.12. The van der Waals surface area contributed by atoms with Gasteiger partial charge in [0, 0.05) is 19.5 Å². The molecular weight excluding hydrogens is 375 g/mol. The van der Waals surface area contributed by atoms with Crippen LogP contribution in [0.15, 0.2) is 18.2 Å². The molecule has 7 heteroatoms. The highest BCUT2D eigenvalue weighted by atomic mass is 35.5. The summed E-state index contributed by atoms with van der Waals surface area (Å²) in [6, 6.07) is 5.34. The predicted molar refractivity (Wildman–Crippen MR) is 103 cm³/mol. The van der Waals surface area contributed by atoms with Gasteiger partial charge in [-0.05, 0) is 44.6 Å². The van der Waals surface area contributed by atoms with E-state index in [1.54, 1.807) is 17.0 Å². The lowest BCUT2D eigenvalue weighted by molar-refractivity contribution is -0.228. The Labute approximate surface area is 165 Å². The number of hydrogen-bond donors (Lipinski definition) is 0. The Bertz CT molecular complexity index is 662. The molecule has 1 aromatic rings. The summed E-state index contributed by atoms with van der Waals surface area (Å²) in [5.74, 6) is -0.685. The van der Waals surface area contributed by atoms with E-state index < -0.39 is 5.79 Å². The number of amides is 1. The Balaban J connectivity index is 1.82. The molecule has 1 aliphatic carbocycles. The molecule has 2 aliphatic rings. The molecular formula is C19H26Cl2N2O3. The maximum absolute atomic E-state index is 13.0. The molecule has 0 aromatic heterocycles. The topological polar surface area (TPSA) is 42.0 Å². The lowest BCUT2D eigenvalue weighted by Gasteiger charge is -2.50. The number of halogens is 2. The molecule has 3 rings (SSSR count). The van der Waals surface area contributed by atoms with Gasteiger partial charge in [-0.3, -0.25) is 4.79 Å². The minimum Gasteiger partial charge on any atom is -0.345 e. The summed E-state index contributed by atoms with van der Waals surface area (Å²) in [7, 11) is 5.94. The quantitative estimate of drug-likeness (QED) is 0.777. The van der Waals surface area contributed by atoms with Crippen LogP contribution < -0.4 is 0 Å². The summed E-state index contributed by atoms with van der Waals surface area (Å²) in [6.45, 7) is 1.15. The molecule has 0 unspecified atom stereocenters. The van der Waals surface area contributed by atoms with Gasteiger partial charge < -0.3 is 19.3 Å². The van der Waals surface area contributed by atoms with Crippen LogP contribution in [0, 0.1) is 0 Å². The van der Waals surface area contributed by atoms with Crippen LogP contribution in [0.1, 0.15) is 24.8 Å². The van der Waals surface area contributed by atoms with Gasteiger partial charge in [0.05, 0.1) is 29.7 Å². The van der Waals surface area contributed by atoms with Crippen molar-refractivity contribution in [1.29, 1.82) is 0 Å². The first-order valence-corrected chi connectivity index (χ1v) is 9.73. The van der Waals surface area contributed by atoms with Gasteiger partial charge in [0.2, 0.25) is 5.91 Å². The highest BCUT2D eigenvalue weighted by molar-refractivity contribution is 6.42. The SMILES string of the molecule is CN(C)[C@@H]1CCCC2(OCCO2)[C@H]1N(C)C(=O)Cc1ccc(Cl)c(Cl)c1. The van der Waals surface area contributed by atoms with Crippen molar-refractivity contribution < 1.29 is 14.3 Å². The van der Waals surface area contributed by atoms with Crippen molar-refractivity contribution in [2.75, 3.05) is 34.4 Å². The highest BCUT2D eigenvalue weighted by Gasteiger charge is 2.53. The predicted octanol–water partition coefficient (Wildman–Crippen LogP) is 3.22. The van der Waals surface area contributed by atoms with E-state index >= 15 is 0 Å². The third kappa shape index (κ3) is 3.87. The van der Waals surface area contributed by atoms with E-state index in [0.717, 1.165) is 24.8 Å². The Morgan fingerprint density at radius 3 is 2.50 bits per heavy atom. The number of benzene rings is 1. The van der Waals surface area contributed by atoms with Crippen LogP contribution in [0.25, 0.3) is 0 Å². The fourth-order valence-corrected chi connectivity index (χ4v) is 4.46. The Kier molecular flexibility index (Phi) is 6.14. The second-order valence-electron chi connectivity index (χ2n) is 7.31. The third-order valence-electron chi connectivity index (χ3n) is 5.43. The normalized spacial score (nSPS) is 25.0. The van der Waals surface area contributed by atoms with E-state index in [1.165, 1.54) is 0 Å². The van der Waals surface area contributed by atoms with E-state index in [9.17, 15) is 4.79 Å². The van der Waals surface area contributed by atoms with Gasteiger partial charge in [-0.1, -0.05) is 29.3 Å². The molecule has 1 saturated carbocycles. The van der Waals surface area contributed by atoms with Crippen LogP contribution in [0.2, 0.25) is 10.0 Å². The number of nitrogens with zero attached hydrogens (tertiary/aromatic N) is 2. The van der Waals surface area contributed by atoms with Gasteiger partial charge >= 0.3 is 0 Å². The van der Waals surface area contributed by atoms with E-state index in [-0.39, 0.29) is 24.4 Å². The average molecular weight is 401 g/mol. The van der Waals surface area contributed by atoms with Crippen LogP contribution in [-0.2, 0) is 20.7 Å². The maximum atomic E-state index is 13.0. The van der Waals surface area contributed by atoms with Crippen molar-refractivity contribution in [3.05, 3.63) is 33.8 Å². The molecule has 2 atom stereocenters. The van der Waals surface area contributed by atoms with Crippen molar-refractivity contribution in [1.82, 2.24) is 9.80 Å². The summed E-state index contributed by atoms with van der Waals surface area (Å²) in [6.07, 6.45) is 3.11. The van der Waals surface area contributed by atoms with E-state index in [4.69, 9.17) is 32.7 Å². The lowest BCUT2D eigenvalue weighted by atomic mass is 9.83. The van der Waals surface area contributed by atoms with Gasteiger partial charge in [-0.2, -0.15) is 0 Å². The highest BCUT2D eigenvalue weighted by Crippen LogP contribution is 2.40. The number of likely N-dealkylation sites (N-methyl/N-ethyl adjacent to an activating group) is 2. The summed E-state index contributed by atoms with van der Waals surface area (Å²) >= 11 is 12.1. The van der Waals surface area contributed by atoms with Crippen LogP contribution in [-0.4, -0.2) is 67.9 Å². The van der Waals surface area contributed by atoms with Gasteiger partial charge in [-0.15, -0.1) is 0 Å². The molecule has 144 valence electrons. The minimum absolute atomic E-state index is 0.0145. The standard InChI is InChI=1S/C19H26Cl2N2O3/c1-22(2)16-5-4-8-19(25-9-10-26-19)18(16)23(3)17(24)12-13-6-7-14(20)15(21)11-13/h6-7,11,16,18H,4-5,8-10,12H2,1-3H3/t16-,18+/m1/s1. The van der Waals surface area contributed by atoms with E-state index in [1.807, 2.05) is 27.2 Å². The largest absolute Gasteiger partial charge is 0.345 e. The first-order chi connectivity index (χ1) is 12.3. The van der Waals surface area contributed by atoms with Crippen LogP contribution in [0.5, 0.6) is 0 Å². The van der Waals surface area contributed by atoms with Crippen molar-refractivity contribution in [2.24, 2.45) is 0 Å². The van der Waals surface area contributed by atoms with Gasteiger partial charge in [0.15, 0.2) is 5.79 Å². The molecule has 1 aliphatic heterocycles. The number of ether oxygens (including phenoxy) is 2. The van der Waals surface area contributed by atoms with Gasteiger partial charge in [-0.25, -0.2) is 0 Å². The molecule has 1 heterocycles. The molecule has 1 saturated heterocycles. The molecule has 1 spiro atoms. The van der Waals surface area contributed by atoms with Crippen LogP contribution >= 0.6 is 23.2 Å². The van der Waals surface area contributed by atoms with Crippen molar-refractivity contribution in [3.8, 4) is 0 Å². The number of carbonyl (C=O) groups excluding carboxylic acids is 1. The molecule has 0 N–H and O–H groups in total. The fourth-order valence-electron chi connectivity index (χ4n) is 4.14. The zero-order chi connectivity index (χ0) is 18.9. The number of rotatable bonds is 4. The number of hydrogen-bond acceptors (Lipinski definition) is 4. The first-order valence-electron chi connectivity index (χ1n) is 8.98. The summed E-state index contributed by atoms with van der Waals surface area (Å²) in [5.41, 5.74) is 0.843. The molecule has 1 aromatic carbocycles. The molecule has 5 nitrogen and oxygen atoms in total. The minimum atomic E-state index is -0.699. The second kappa shape index (κ2) is 8.03. The van der Waals surface area contributed by atoms with E-state index in [2.05, 4.69) is 4.90 Å². The number of carbonyl (C=O) groups is 1. The lowest BCUT2D eigenvalue weighted by Crippen LogP contribution is -2.65. The molecule has 0 bridgehead atoms. The van der Waals surface area contributed by atoms with Crippen molar-refractivity contribution in [2.45, 2.75) is 43.6 Å². The van der Waals surface area contributed by atoms with Gasteiger partial charge in [0.1, 0.15) is 6.04 Å². The van der Waals surface area contributed by atoms with E-state index in [0.29, 0.717) is 23.3 Å². The fraction of sp³-hybridized carbons (Fsp3) is 0.632. The zero-order valence-corrected chi connectivity index (χ0v) is 17.0. The van der Waals surface area contributed by atoms with Crippen LogP contribution in [0.3, 0.4) is 0 Å². The molecule has 26 heavy (non-hydrogen) atoms.